The van der Waals surface area contributed by atoms with Crippen molar-refractivity contribution in [2.24, 2.45) is 11.8 Å². The Balaban J connectivity index is 2.60. The number of phosphoric acid groups is 1. The van der Waals surface area contributed by atoms with Gasteiger partial charge in [-0.25, -0.2) is 0 Å². The first-order valence-corrected chi connectivity index (χ1v) is 23.1. The highest BCUT2D eigenvalue weighted by Gasteiger charge is 2.39. The van der Waals surface area contributed by atoms with Gasteiger partial charge in [-0.2, -0.15) is 0 Å². The van der Waals surface area contributed by atoms with E-state index in [4.69, 9.17) is 9.05 Å². The maximum atomic E-state index is 12.9. The van der Waals surface area contributed by atoms with Gasteiger partial charge in [0.05, 0.1) is 58.2 Å². The number of carbonyl (C=O) groups is 1. The third kappa shape index (κ3) is 27.0. The molecule has 0 saturated heterocycles. The summed E-state index contributed by atoms with van der Waals surface area (Å²) in [5.41, 5.74) is 0. The van der Waals surface area contributed by atoms with E-state index < -0.39 is 44.9 Å². The Hall–Kier alpha value is -1.40. The molecule has 1 aliphatic rings. The molecule has 1 unspecified atom stereocenters. The molecule has 12 heteroatoms. The Bertz CT molecular complexity index is 1110. The second kappa shape index (κ2) is 30.6. The third-order valence-corrected chi connectivity index (χ3v) is 11.4. The summed E-state index contributed by atoms with van der Waals surface area (Å²) in [5, 5.41) is 45.1. The zero-order valence-corrected chi connectivity index (χ0v) is 36.1. The van der Waals surface area contributed by atoms with Crippen molar-refractivity contribution in [2.45, 2.75) is 179 Å². The van der Waals surface area contributed by atoms with E-state index in [0.29, 0.717) is 43.1 Å². The molecule has 1 amide bonds. The van der Waals surface area contributed by atoms with Crippen LogP contribution in [0.1, 0.15) is 149 Å². The molecule has 0 radical (unpaired) electrons. The van der Waals surface area contributed by atoms with Crippen molar-refractivity contribution in [1.82, 2.24) is 5.32 Å². The number of allylic oxidation sites excluding steroid dienone is 3. The summed E-state index contributed by atoms with van der Waals surface area (Å²) in [6.07, 6.45) is 28.5. The normalized spacial score (nSPS) is 22.1. The van der Waals surface area contributed by atoms with Crippen molar-refractivity contribution in [2.75, 3.05) is 40.9 Å². The predicted molar refractivity (Wildman–Crippen MR) is 221 cm³/mol. The van der Waals surface area contributed by atoms with Gasteiger partial charge in [0.25, 0.3) is 7.82 Å². The molecule has 11 nitrogen and oxygen atoms in total. The SMILES string of the molecule is CCCCCCCCCCCCC/C=C/[C@@H](O)[C@H](COP(=O)([O-])OCC[N+](C)(C)C)NC(=O)CCC/C=C/C[C@@H]1[C@@H](/C=C/[C@@H](O)CCCCC)[C@H](O)C[C@@H]1O. The van der Waals surface area contributed by atoms with E-state index in [1.807, 2.05) is 45.4 Å². The van der Waals surface area contributed by atoms with Crippen molar-refractivity contribution in [3.63, 3.8) is 0 Å². The van der Waals surface area contributed by atoms with Gasteiger partial charge in [0.1, 0.15) is 13.2 Å². The number of nitrogens with one attached hydrogen (secondary N) is 1. The fraction of sp³-hybridized carbons (Fsp3) is 0.837. The number of carbonyl (C=O) groups excluding carboxylic acids is 1. The van der Waals surface area contributed by atoms with E-state index in [0.717, 1.165) is 38.5 Å². The number of hydrogen-bond donors (Lipinski definition) is 5. The molecule has 0 heterocycles. The number of nitrogens with zero attached hydrogens (tertiary/aromatic N) is 1. The Morgan fingerprint density at radius 1 is 0.818 bits per heavy atom. The molecule has 322 valence electrons. The van der Waals surface area contributed by atoms with Crippen LogP contribution in [0.25, 0.3) is 0 Å². The number of hydrogen-bond acceptors (Lipinski definition) is 9. The first-order chi connectivity index (χ1) is 26.2. The molecule has 1 aliphatic carbocycles. The molecule has 0 aromatic carbocycles. The minimum Gasteiger partial charge on any atom is -0.756 e. The summed E-state index contributed by atoms with van der Waals surface area (Å²) in [4.78, 5) is 25.4. The van der Waals surface area contributed by atoms with Gasteiger partial charge < -0.3 is 44.2 Å². The number of likely N-dealkylation sites (N-methyl/N-ethyl adjacent to an activating group) is 1. The molecule has 0 aliphatic heterocycles. The van der Waals surface area contributed by atoms with Gasteiger partial charge in [-0.05, 0) is 44.4 Å². The molecule has 8 atom stereocenters. The standard InChI is InChI=1S/C43H81N2O9P/c1-6-8-10-11-12-13-14-15-16-17-18-19-24-28-40(47)39(35-54-55(51,52)53-33-32-45(3,4)5)44-43(50)29-25-21-20-23-27-37-38(42(49)34-41(37)48)31-30-36(46)26-22-9-7-2/h20,23-24,28,30-31,36-42,46-49H,6-19,21-22,25-27,29,32-35H2,1-5H3,(H-,44,50,51,52)/b23-20+,28-24+,31-30+/t36-,37+,38+,39-,40+,41-,42+/m0/s1. The summed E-state index contributed by atoms with van der Waals surface area (Å²) in [6.45, 7) is 4.31. The van der Waals surface area contributed by atoms with E-state index in [1.165, 1.54) is 57.8 Å². The van der Waals surface area contributed by atoms with Gasteiger partial charge in [-0.1, -0.05) is 134 Å². The number of rotatable bonds is 34. The molecule has 0 aromatic heterocycles. The molecule has 1 rings (SSSR count). The monoisotopic (exact) mass is 801 g/mol. The fourth-order valence-corrected chi connectivity index (χ4v) is 7.57. The molecular weight excluding hydrogens is 719 g/mol. The Kier molecular flexibility index (Phi) is 28.8. The fourth-order valence-electron chi connectivity index (χ4n) is 6.85. The first kappa shape index (κ1) is 51.6. The van der Waals surface area contributed by atoms with Gasteiger partial charge in [0.15, 0.2) is 0 Å². The minimum atomic E-state index is -4.65. The number of unbranched alkanes of at least 4 members (excludes halogenated alkanes) is 14. The van der Waals surface area contributed by atoms with Crippen molar-refractivity contribution in [3.05, 3.63) is 36.5 Å². The average Bonchev–Trinajstić information content (AvgIpc) is 3.39. The summed E-state index contributed by atoms with van der Waals surface area (Å²) in [6, 6.07) is -0.980. The zero-order chi connectivity index (χ0) is 41.0. The van der Waals surface area contributed by atoms with Crippen LogP contribution in [-0.4, -0.2) is 102 Å². The van der Waals surface area contributed by atoms with Crippen LogP contribution in [0, 0.1) is 11.8 Å². The van der Waals surface area contributed by atoms with Crippen molar-refractivity contribution in [1.29, 1.82) is 0 Å². The Morgan fingerprint density at radius 3 is 2.05 bits per heavy atom. The number of aliphatic hydroxyl groups excluding tert-OH is 4. The number of quaternary nitrogens is 1. The number of aliphatic hydroxyl groups is 4. The highest BCUT2D eigenvalue weighted by Crippen LogP contribution is 2.38. The van der Waals surface area contributed by atoms with Gasteiger partial charge in [0, 0.05) is 18.8 Å². The molecular formula is C43H81N2O9P. The maximum absolute atomic E-state index is 12.9. The van der Waals surface area contributed by atoms with Crippen molar-refractivity contribution >= 4 is 13.7 Å². The topological polar surface area (TPSA) is 169 Å². The van der Waals surface area contributed by atoms with Gasteiger partial charge in [-0.15, -0.1) is 0 Å². The predicted octanol–water partition coefficient (Wildman–Crippen LogP) is 7.27. The summed E-state index contributed by atoms with van der Waals surface area (Å²) < 4.78 is 23.1. The molecule has 0 aromatic rings. The second-order valence-electron chi connectivity index (χ2n) is 16.7. The van der Waals surface area contributed by atoms with Crippen LogP contribution in [0.3, 0.4) is 0 Å². The van der Waals surface area contributed by atoms with Crippen molar-refractivity contribution in [3.8, 4) is 0 Å². The highest BCUT2D eigenvalue weighted by molar-refractivity contribution is 7.45. The average molecular weight is 801 g/mol. The minimum absolute atomic E-state index is 0.0455. The number of amides is 1. The lowest BCUT2D eigenvalue weighted by Gasteiger charge is -2.29. The second-order valence-corrected chi connectivity index (χ2v) is 18.1. The van der Waals surface area contributed by atoms with Crippen molar-refractivity contribution < 1.29 is 48.2 Å². The highest BCUT2D eigenvalue weighted by atomic mass is 31.2. The van der Waals surface area contributed by atoms with E-state index in [9.17, 15) is 34.7 Å². The van der Waals surface area contributed by atoms with Crippen LogP contribution >= 0.6 is 7.82 Å². The lowest BCUT2D eigenvalue weighted by Crippen LogP contribution is -2.45. The third-order valence-electron chi connectivity index (χ3n) is 10.4. The summed E-state index contributed by atoms with van der Waals surface area (Å²) in [7, 11) is 1.11. The van der Waals surface area contributed by atoms with Crippen LogP contribution in [0.2, 0.25) is 0 Å². The van der Waals surface area contributed by atoms with Gasteiger partial charge >= 0.3 is 0 Å². The van der Waals surface area contributed by atoms with Gasteiger partial charge in [-0.3, -0.25) is 9.36 Å². The molecule has 55 heavy (non-hydrogen) atoms. The zero-order valence-electron chi connectivity index (χ0n) is 35.2. The molecule has 1 fully saturated rings. The summed E-state index contributed by atoms with van der Waals surface area (Å²) in [5.74, 6) is -0.728. The molecule has 0 bridgehead atoms. The molecule has 0 spiro atoms. The number of phosphoric ester groups is 1. The van der Waals surface area contributed by atoms with E-state index in [-0.39, 0.29) is 30.8 Å². The van der Waals surface area contributed by atoms with Crippen LogP contribution in [0.4, 0.5) is 0 Å². The first-order valence-electron chi connectivity index (χ1n) is 21.6. The largest absolute Gasteiger partial charge is 0.756 e. The van der Waals surface area contributed by atoms with Gasteiger partial charge in [0.2, 0.25) is 5.91 Å². The van der Waals surface area contributed by atoms with Crippen LogP contribution in [-0.2, 0) is 18.4 Å². The summed E-state index contributed by atoms with van der Waals surface area (Å²) >= 11 is 0. The van der Waals surface area contributed by atoms with E-state index in [1.54, 1.807) is 12.2 Å². The van der Waals surface area contributed by atoms with E-state index in [2.05, 4.69) is 19.2 Å². The quantitative estimate of drug-likeness (QED) is 0.0195. The van der Waals surface area contributed by atoms with E-state index >= 15 is 0 Å². The lowest BCUT2D eigenvalue weighted by atomic mass is 9.89. The van der Waals surface area contributed by atoms with Crippen LogP contribution < -0.4 is 10.2 Å². The Labute approximate surface area is 334 Å². The lowest BCUT2D eigenvalue weighted by molar-refractivity contribution is -0.870. The molecule has 5 N–H and O–H groups in total. The maximum Gasteiger partial charge on any atom is 0.268 e. The van der Waals surface area contributed by atoms with Crippen LogP contribution in [0.15, 0.2) is 36.5 Å². The molecule has 1 saturated carbocycles. The smallest absolute Gasteiger partial charge is 0.268 e. The Morgan fingerprint density at radius 2 is 1.42 bits per heavy atom. The van der Waals surface area contributed by atoms with Crippen LogP contribution in [0.5, 0.6) is 0 Å².